The number of unbranched alkanes of at least 4 members (excludes halogenated alkanes) is 1. The summed E-state index contributed by atoms with van der Waals surface area (Å²) >= 11 is 6.13. The number of cyclic esters (lactones) is 1. The first kappa shape index (κ1) is 17.2. The van der Waals surface area contributed by atoms with Crippen LogP contribution in [-0.4, -0.2) is 18.5 Å². The van der Waals surface area contributed by atoms with Crippen LogP contribution in [0.3, 0.4) is 0 Å². The second-order valence-corrected chi connectivity index (χ2v) is 6.00. The number of halogens is 1. The van der Waals surface area contributed by atoms with Crippen LogP contribution in [-0.2, 0) is 9.53 Å². The van der Waals surface area contributed by atoms with Gasteiger partial charge in [-0.15, -0.1) is 0 Å². The molecule has 0 amide bonds. The van der Waals surface area contributed by atoms with Crippen molar-refractivity contribution in [3.05, 3.63) is 70.4 Å². The lowest BCUT2D eigenvalue weighted by Crippen LogP contribution is -2.05. The largest absolute Gasteiger partial charge is 0.494 e. The number of rotatable bonds is 6. The summed E-state index contributed by atoms with van der Waals surface area (Å²) in [6.07, 6.45) is 3.76. The fraction of sp³-hybridized carbons (Fsp3) is 0.200. The van der Waals surface area contributed by atoms with E-state index in [1.54, 1.807) is 18.2 Å². The molecule has 0 fully saturated rings. The van der Waals surface area contributed by atoms with E-state index in [0.717, 1.165) is 24.2 Å². The third kappa shape index (κ3) is 4.28. The van der Waals surface area contributed by atoms with E-state index in [1.807, 2.05) is 36.4 Å². The van der Waals surface area contributed by atoms with Gasteiger partial charge in [-0.3, -0.25) is 0 Å². The van der Waals surface area contributed by atoms with Crippen LogP contribution in [0.15, 0.2) is 59.2 Å². The summed E-state index contributed by atoms with van der Waals surface area (Å²) in [6.45, 7) is 2.79. The standard InChI is InChI=1S/C20H18ClNO3/c1-2-3-11-24-15-8-6-7-14(12-15)13-18-20(23)25-19(22-18)16-9-4-5-10-17(16)21/h4-10,12-13H,2-3,11H2,1H3/b18-13-. The van der Waals surface area contributed by atoms with Gasteiger partial charge in [0.25, 0.3) is 0 Å². The van der Waals surface area contributed by atoms with Crippen molar-refractivity contribution >= 4 is 29.5 Å². The number of aliphatic imine (C=N–C) groups is 1. The highest BCUT2D eigenvalue weighted by molar-refractivity contribution is 6.34. The average Bonchev–Trinajstić information content (AvgIpc) is 2.96. The molecule has 0 atom stereocenters. The van der Waals surface area contributed by atoms with E-state index in [0.29, 0.717) is 17.2 Å². The summed E-state index contributed by atoms with van der Waals surface area (Å²) in [5.74, 6) is 0.494. The molecule has 3 rings (SSSR count). The Kier molecular flexibility index (Phi) is 5.51. The van der Waals surface area contributed by atoms with E-state index >= 15 is 0 Å². The predicted molar refractivity (Wildman–Crippen MR) is 98.9 cm³/mol. The maximum absolute atomic E-state index is 12.1. The zero-order valence-corrected chi connectivity index (χ0v) is 14.6. The van der Waals surface area contributed by atoms with Crippen LogP contribution in [0.2, 0.25) is 5.02 Å². The molecular formula is C20H18ClNO3. The Bertz CT molecular complexity index is 842. The zero-order chi connectivity index (χ0) is 17.6. The molecule has 1 heterocycles. The quantitative estimate of drug-likeness (QED) is 0.422. The Labute approximate surface area is 151 Å². The van der Waals surface area contributed by atoms with Gasteiger partial charge >= 0.3 is 5.97 Å². The highest BCUT2D eigenvalue weighted by atomic mass is 35.5. The van der Waals surface area contributed by atoms with Crippen LogP contribution in [0.4, 0.5) is 0 Å². The SMILES string of the molecule is CCCCOc1cccc(/C=C2\N=C(c3ccccc3Cl)OC2=O)c1. The highest BCUT2D eigenvalue weighted by Gasteiger charge is 2.25. The lowest BCUT2D eigenvalue weighted by atomic mass is 10.2. The predicted octanol–water partition coefficient (Wildman–Crippen LogP) is 4.86. The molecule has 2 aromatic carbocycles. The lowest BCUT2D eigenvalue weighted by molar-refractivity contribution is -0.129. The van der Waals surface area contributed by atoms with Crippen molar-refractivity contribution < 1.29 is 14.3 Å². The van der Waals surface area contributed by atoms with E-state index in [9.17, 15) is 4.79 Å². The minimum atomic E-state index is -0.493. The minimum absolute atomic E-state index is 0.220. The number of hydrogen-bond donors (Lipinski definition) is 0. The van der Waals surface area contributed by atoms with Crippen molar-refractivity contribution in [2.75, 3.05) is 6.61 Å². The molecule has 5 heteroatoms. The molecule has 0 aliphatic carbocycles. The number of nitrogens with zero attached hydrogens (tertiary/aromatic N) is 1. The fourth-order valence-corrected chi connectivity index (χ4v) is 2.56. The van der Waals surface area contributed by atoms with E-state index in [2.05, 4.69) is 11.9 Å². The summed E-state index contributed by atoms with van der Waals surface area (Å²) in [4.78, 5) is 16.4. The van der Waals surface area contributed by atoms with Gasteiger partial charge in [-0.25, -0.2) is 9.79 Å². The van der Waals surface area contributed by atoms with Crippen LogP contribution in [0, 0.1) is 0 Å². The van der Waals surface area contributed by atoms with Gasteiger partial charge in [0.1, 0.15) is 5.75 Å². The molecule has 4 nitrogen and oxygen atoms in total. The fourth-order valence-electron chi connectivity index (χ4n) is 2.35. The monoisotopic (exact) mass is 355 g/mol. The van der Waals surface area contributed by atoms with Gasteiger partial charge in [-0.1, -0.05) is 49.2 Å². The highest BCUT2D eigenvalue weighted by Crippen LogP contribution is 2.24. The molecule has 128 valence electrons. The summed E-state index contributed by atoms with van der Waals surface area (Å²) in [6, 6.07) is 14.6. The number of ether oxygens (including phenoxy) is 2. The van der Waals surface area contributed by atoms with Crippen LogP contribution in [0.5, 0.6) is 5.75 Å². The van der Waals surface area contributed by atoms with E-state index < -0.39 is 5.97 Å². The normalized spacial score (nSPS) is 15.2. The summed E-state index contributed by atoms with van der Waals surface area (Å²) in [5.41, 5.74) is 1.66. The Balaban J connectivity index is 1.82. The van der Waals surface area contributed by atoms with Crippen molar-refractivity contribution in [2.45, 2.75) is 19.8 Å². The molecule has 0 saturated heterocycles. The first-order valence-corrected chi connectivity index (χ1v) is 8.55. The first-order valence-electron chi connectivity index (χ1n) is 8.17. The van der Waals surface area contributed by atoms with Crippen LogP contribution in [0.25, 0.3) is 6.08 Å². The minimum Gasteiger partial charge on any atom is -0.494 e. The van der Waals surface area contributed by atoms with Gasteiger partial charge in [-0.05, 0) is 42.3 Å². The summed E-state index contributed by atoms with van der Waals surface area (Å²) < 4.78 is 10.9. The van der Waals surface area contributed by atoms with Gasteiger partial charge in [0.2, 0.25) is 5.90 Å². The van der Waals surface area contributed by atoms with Crippen LogP contribution < -0.4 is 4.74 Å². The van der Waals surface area contributed by atoms with Crippen molar-refractivity contribution in [3.63, 3.8) is 0 Å². The number of carbonyl (C=O) groups excluding carboxylic acids is 1. The first-order chi connectivity index (χ1) is 12.2. The molecule has 0 spiro atoms. The third-order valence-electron chi connectivity index (χ3n) is 3.65. The number of hydrogen-bond acceptors (Lipinski definition) is 4. The molecule has 1 aliphatic rings. The Morgan fingerprint density at radius 1 is 1.20 bits per heavy atom. The maximum Gasteiger partial charge on any atom is 0.363 e. The molecule has 0 unspecified atom stereocenters. The molecule has 0 N–H and O–H groups in total. The average molecular weight is 356 g/mol. The van der Waals surface area contributed by atoms with Crippen LogP contribution >= 0.6 is 11.6 Å². The molecule has 0 aromatic heterocycles. The summed E-state index contributed by atoms with van der Waals surface area (Å²) in [7, 11) is 0. The summed E-state index contributed by atoms with van der Waals surface area (Å²) in [5, 5.41) is 0.488. The lowest BCUT2D eigenvalue weighted by Gasteiger charge is -2.05. The van der Waals surface area contributed by atoms with Crippen molar-refractivity contribution in [1.29, 1.82) is 0 Å². The van der Waals surface area contributed by atoms with E-state index in [1.165, 1.54) is 0 Å². The number of carbonyl (C=O) groups is 1. The molecule has 25 heavy (non-hydrogen) atoms. The van der Waals surface area contributed by atoms with Crippen molar-refractivity contribution in [3.8, 4) is 5.75 Å². The van der Waals surface area contributed by atoms with Crippen molar-refractivity contribution in [2.24, 2.45) is 4.99 Å². The molecule has 0 saturated carbocycles. The Morgan fingerprint density at radius 2 is 2.04 bits per heavy atom. The van der Waals surface area contributed by atoms with Gasteiger partial charge in [0, 0.05) is 0 Å². The topological polar surface area (TPSA) is 47.9 Å². The van der Waals surface area contributed by atoms with E-state index in [4.69, 9.17) is 21.1 Å². The smallest absolute Gasteiger partial charge is 0.363 e. The second kappa shape index (κ2) is 7.99. The Morgan fingerprint density at radius 3 is 2.84 bits per heavy atom. The van der Waals surface area contributed by atoms with Crippen molar-refractivity contribution in [1.82, 2.24) is 0 Å². The molecule has 1 aliphatic heterocycles. The molecular weight excluding hydrogens is 338 g/mol. The van der Waals surface area contributed by atoms with Gasteiger partial charge < -0.3 is 9.47 Å². The van der Waals surface area contributed by atoms with Gasteiger partial charge in [0.15, 0.2) is 5.70 Å². The maximum atomic E-state index is 12.1. The number of esters is 1. The third-order valence-corrected chi connectivity index (χ3v) is 3.98. The zero-order valence-electron chi connectivity index (χ0n) is 13.9. The molecule has 0 radical (unpaired) electrons. The second-order valence-electron chi connectivity index (χ2n) is 5.59. The molecule has 0 bridgehead atoms. The van der Waals surface area contributed by atoms with Gasteiger partial charge in [0.05, 0.1) is 17.2 Å². The Hall–Kier alpha value is -2.59. The number of benzene rings is 2. The van der Waals surface area contributed by atoms with E-state index in [-0.39, 0.29) is 11.6 Å². The van der Waals surface area contributed by atoms with Crippen LogP contribution in [0.1, 0.15) is 30.9 Å². The van der Waals surface area contributed by atoms with Gasteiger partial charge in [-0.2, -0.15) is 0 Å². The molecule has 2 aromatic rings.